The maximum atomic E-state index is 11.5. The first-order chi connectivity index (χ1) is 6.68. The van der Waals surface area contributed by atoms with Gasteiger partial charge in [0, 0.05) is 0 Å². The molecular formula is C10H9NOS2. The van der Waals surface area contributed by atoms with Gasteiger partial charge >= 0.3 is 0 Å². The monoisotopic (exact) mass is 223 g/mol. The van der Waals surface area contributed by atoms with Gasteiger partial charge in [-0.2, -0.15) is 0 Å². The van der Waals surface area contributed by atoms with Crippen molar-refractivity contribution >= 4 is 39.9 Å². The van der Waals surface area contributed by atoms with Crippen LogP contribution in [0.25, 0.3) is 0 Å². The van der Waals surface area contributed by atoms with E-state index in [2.05, 4.69) is 0 Å². The molecule has 1 saturated heterocycles. The summed E-state index contributed by atoms with van der Waals surface area (Å²) in [5.74, 6) is 0.627. The number of benzene rings is 1. The normalized spacial score (nSPS) is 16.5. The quantitative estimate of drug-likeness (QED) is 0.683. The van der Waals surface area contributed by atoms with Gasteiger partial charge < -0.3 is 0 Å². The zero-order valence-corrected chi connectivity index (χ0v) is 9.32. The minimum Gasteiger partial charge on any atom is -0.265 e. The molecule has 2 nitrogen and oxygen atoms in total. The van der Waals surface area contributed by atoms with Crippen LogP contribution in [-0.2, 0) is 0 Å². The Bertz CT molecular complexity index is 370. The summed E-state index contributed by atoms with van der Waals surface area (Å²) < 4.78 is 0. The lowest BCUT2D eigenvalue weighted by Gasteiger charge is -2.14. The van der Waals surface area contributed by atoms with Crippen LogP contribution in [0, 0.1) is 6.92 Å². The molecule has 0 N–H and O–H groups in total. The van der Waals surface area contributed by atoms with Crippen LogP contribution in [0.15, 0.2) is 24.3 Å². The Balaban J connectivity index is 2.34. The Morgan fingerprint density at radius 2 is 2.00 bits per heavy atom. The average Bonchev–Trinajstić information content (AvgIpc) is 2.49. The van der Waals surface area contributed by atoms with Gasteiger partial charge in [0.25, 0.3) is 5.24 Å². The number of hydrogen-bond acceptors (Lipinski definition) is 3. The predicted octanol–water partition coefficient (Wildman–Crippen LogP) is 3.00. The van der Waals surface area contributed by atoms with E-state index in [1.54, 1.807) is 4.90 Å². The Morgan fingerprint density at radius 1 is 1.36 bits per heavy atom. The van der Waals surface area contributed by atoms with Crippen molar-refractivity contribution in [3.63, 3.8) is 0 Å². The number of thioether (sulfide) groups is 1. The average molecular weight is 223 g/mol. The largest absolute Gasteiger partial charge is 0.291 e. The van der Waals surface area contributed by atoms with E-state index in [9.17, 15) is 4.79 Å². The molecule has 0 bridgehead atoms. The van der Waals surface area contributed by atoms with E-state index in [1.807, 2.05) is 31.2 Å². The smallest absolute Gasteiger partial charge is 0.265 e. The molecule has 0 unspecified atom stereocenters. The maximum Gasteiger partial charge on any atom is 0.291 e. The zero-order chi connectivity index (χ0) is 10.1. The Kier molecular flexibility index (Phi) is 2.56. The van der Waals surface area contributed by atoms with Crippen LogP contribution < -0.4 is 4.90 Å². The summed E-state index contributed by atoms with van der Waals surface area (Å²) in [5.41, 5.74) is 2.05. The summed E-state index contributed by atoms with van der Waals surface area (Å²) in [6.45, 7) is 2.02. The van der Waals surface area contributed by atoms with Crippen molar-refractivity contribution in [2.45, 2.75) is 6.92 Å². The highest BCUT2D eigenvalue weighted by molar-refractivity contribution is 8.16. The number of amides is 1. The highest BCUT2D eigenvalue weighted by atomic mass is 32.2. The number of carbonyl (C=O) groups excluding carboxylic acids is 1. The van der Waals surface area contributed by atoms with E-state index < -0.39 is 0 Å². The van der Waals surface area contributed by atoms with Gasteiger partial charge in [0.2, 0.25) is 0 Å². The molecule has 1 aromatic carbocycles. The second kappa shape index (κ2) is 3.71. The predicted molar refractivity (Wildman–Crippen MR) is 64.1 cm³/mol. The summed E-state index contributed by atoms with van der Waals surface area (Å²) in [6, 6.07) is 7.80. The van der Waals surface area contributed by atoms with Gasteiger partial charge in [-0.1, -0.05) is 41.7 Å². The van der Waals surface area contributed by atoms with E-state index in [4.69, 9.17) is 12.2 Å². The molecule has 1 heterocycles. The number of thiocarbonyl (C=S) groups is 1. The van der Waals surface area contributed by atoms with Crippen molar-refractivity contribution in [1.29, 1.82) is 0 Å². The van der Waals surface area contributed by atoms with Gasteiger partial charge in [0.15, 0.2) is 0 Å². The minimum atomic E-state index is 0.0267. The van der Waals surface area contributed by atoms with Crippen LogP contribution in [0.4, 0.5) is 10.5 Å². The number of rotatable bonds is 1. The molecule has 2 rings (SSSR count). The second-order valence-corrected chi connectivity index (χ2v) is 4.52. The molecule has 0 aliphatic carbocycles. The van der Waals surface area contributed by atoms with Crippen molar-refractivity contribution in [2.24, 2.45) is 0 Å². The van der Waals surface area contributed by atoms with Gasteiger partial charge in [-0.15, -0.1) is 0 Å². The summed E-state index contributed by atoms with van der Waals surface area (Å²) in [4.78, 5) is 13.8. The molecule has 1 aliphatic rings. The molecule has 1 aromatic rings. The number of aryl methyl sites for hydroxylation is 1. The molecule has 0 radical (unpaired) electrons. The number of carbonyl (C=O) groups is 1. The van der Waals surface area contributed by atoms with Gasteiger partial charge in [0.1, 0.15) is 4.99 Å². The Labute approximate surface area is 92.3 Å². The first-order valence-corrected chi connectivity index (χ1v) is 5.64. The summed E-state index contributed by atoms with van der Waals surface area (Å²) in [6.07, 6.45) is 0. The van der Waals surface area contributed by atoms with Gasteiger partial charge in [-0.3, -0.25) is 9.69 Å². The van der Waals surface area contributed by atoms with Crippen molar-refractivity contribution in [2.75, 3.05) is 10.7 Å². The fraction of sp³-hybridized carbons (Fsp3) is 0.200. The highest BCUT2D eigenvalue weighted by Crippen LogP contribution is 2.27. The van der Waals surface area contributed by atoms with Gasteiger partial charge in [-0.25, -0.2) is 0 Å². The highest BCUT2D eigenvalue weighted by Gasteiger charge is 2.27. The number of hydrogen-bond donors (Lipinski definition) is 0. The first-order valence-electron chi connectivity index (χ1n) is 4.25. The molecule has 1 amide bonds. The molecule has 0 aromatic heterocycles. The lowest BCUT2D eigenvalue weighted by Crippen LogP contribution is -2.26. The summed E-state index contributed by atoms with van der Waals surface area (Å²) in [7, 11) is 0. The standard InChI is InChI=1S/C10H9NOS2/c1-7-2-4-8(5-3-7)11-9(13)6-14-10(11)12/h2-5H,6H2,1H3. The van der Waals surface area contributed by atoms with E-state index in [1.165, 1.54) is 17.3 Å². The molecule has 1 aliphatic heterocycles. The topological polar surface area (TPSA) is 20.3 Å². The van der Waals surface area contributed by atoms with Gasteiger partial charge in [0.05, 0.1) is 11.4 Å². The van der Waals surface area contributed by atoms with E-state index >= 15 is 0 Å². The molecule has 0 saturated carbocycles. The van der Waals surface area contributed by atoms with Crippen LogP contribution in [0.3, 0.4) is 0 Å². The molecule has 1 fully saturated rings. The Hall–Kier alpha value is -0.870. The van der Waals surface area contributed by atoms with Crippen LogP contribution in [0.1, 0.15) is 5.56 Å². The third kappa shape index (κ3) is 1.67. The summed E-state index contributed by atoms with van der Waals surface area (Å²) >= 11 is 6.37. The van der Waals surface area contributed by atoms with Crippen LogP contribution >= 0.6 is 24.0 Å². The SMILES string of the molecule is Cc1ccc(N2C(=O)SCC2=S)cc1. The fourth-order valence-electron chi connectivity index (χ4n) is 1.30. The number of nitrogens with zero attached hydrogens (tertiary/aromatic N) is 1. The second-order valence-electron chi connectivity index (χ2n) is 3.12. The number of anilines is 1. The first kappa shape index (κ1) is 9.68. The molecule has 72 valence electrons. The molecular weight excluding hydrogens is 214 g/mol. The fourth-order valence-corrected chi connectivity index (χ4v) is 2.44. The lowest BCUT2D eigenvalue weighted by atomic mass is 10.2. The molecule has 0 atom stereocenters. The van der Waals surface area contributed by atoms with Crippen LogP contribution in [0.2, 0.25) is 0 Å². The van der Waals surface area contributed by atoms with E-state index in [-0.39, 0.29) is 5.24 Å². The third-order valence-electron chi connectivity index (χ3n) is 2.04. The van der Waals surface area contributed by atoms with E-state index in [0.29, 0.717) is 10.7 Å². The lowest BCUT2D eigenvalue weighted by molar-refractivity contribution is 0.268. The molecule has 0 spiro atoms. The minimum absolute atomic E-state index is 0.0267. The Morgan fingerprint density at radius 3 is 2.50 bits per heavy atom. The van der Waals surface area contributed by atoms with Crippen molar-refractivity contribution in [3.8, 4) is 0 Å². The molecule has 14 heavy (non-hydrogen) atoms. The van der Waals surface area contributed by atoms with Gasteiger partial charge in [-0.05, 0) is 19.1 Å². The maximum absolute atomic E-state index is 11.5. The van der Waals surface area contributed by atoms with Crippen molar-refractivity contribution < 1.29 is 4.79 Å². The van der Waals surface area contributed by atoms with Crippen LogP contribution in [-0.4, -0.2) is 16.0 Å². The zero-order valence-electron chi connectivity index (χ0n) is 7.69. The van der Waals surface area contributed by atoms with E-state index in [0.717, 1.165) is 5.69 Å². The summed E-state index contributed by atoms with van der Waals surface area (Å²) in [5, 5.41) is 0.0267. The van der Waals surface area contributed by atoms with Crippen molar-refractivity contribution in [1.82, 2.24) is 0 Å². The molecule has 4 heteroatoms. The van der Waals surface area contributed by atoms with Crippen molar-refractivity contribution in [3.05, 3.63) is 29.8 Å². The van der Waals surface area contributed by atoms with Crippen LogP contribution in [0.5, 0.6) is 0 Å². The third-order valence-corrected chi connectivity index (χ3v) is 3.40.